The molecule has 0 aromatic carbocycles. The third kappa shape index (κ3) is 3.22. The zero-order valence-electron chi connectivity index (χ0n) is 16.1. The highest BCUT2D eigenvalue weighted by atomic mass is 16.5. The Bertz CT molecular complexity index is 739. The molecule has 140 valence electrons. The van der Waals surface area contributed by atoms with E-state index in [-0.39, 0.29) is 17.0 Å². The van der Waals surface area contributed by atoms with Crippen LogP contribution in [0.2, 0.25) is 0 Å². The molecular formula is C22H28O4. The second kappa shape index (κ2) is 6.98. The summed E-state index contributed by atoms with van der Waals surface area (Å²) in [4.78, 5) is 36.3. The lowest BCUT2D eigenvalue weighted by Crippen LogP contribution is -2.45. The van der Waals surface area contributed by atoms with Crippen LogP contribution in [-0.4, -0.2) is 17.5 Å². The van der Waals surface area contributed by atoms with E-state index in [9.17, 15) is 14.4 Å². The molecule has 0 aromatic rings. The minimum Gasteiger partial charge on any atom is -0.422 e. The van der Waals surface area contributed by atoms with Crippen LogP contribution in [0, 0.1) is 23.2 Å². The Hall–Kier alpha value is -1.97. The van der Waals surface area contributed by atoms with Gasteiger partial charge in [-0.15, -0.1) is 0 Å². The molecule has 1 unspecified atom stereocenters. The maximum absolute atomic E-state index is 12.6. The number of hydrogen-bond acceptors (Lipinski definition) is 4. The fourth-order valence-corrected chi connectivity index (χ4v) is 5.20. The number of ether oxygens (including phenoxy) is 1. The summed E-state index contributed by atoms with van der Waals surface area (Å²) in [5.41, 5.74) is 1.73. The summed E-state index contributed by atoms with van der Waals surface area (Å²) in [5, 5.41) is 0. The SMILES string of the molecule is CC(=O)OC1=C(C[C@@]2(C)[C@@H]3CCC=C(C)C3CC[C@@H]2C)C(=O)C=CC1=O. The standard InChI is InChI=1S/C22H28O4/c1-13-6-5-7-18-16(13)9-8-14(2)22(18,4)12-17-19(24)10-11-20(25)21(17)26-15(3)23/h6,10-11,14,16,18H,5,7-9,12H2,1-4H3/t14-,16?,18+,22+/m0/s1. The van der Waals surface area contributed by atoms with Gasteiger partial charge in [0.1, 0.15) is 0 Å². The van der Waals surface area contributed by atoms with Gasteiger partial charge < -0.3 is 4.74 Å². The van der Waals surface area contributed by atoms with Gasteiger partial charge in [-0.3, -0.25) is 14.4 Å². The fourth-order valence-electron chi connectivity index (χ4n) is 5.20. The Morgan fingerprint density at radius 1 is 1.19 bits per heavy atom. The van der Waals surface area contributed by atoms with E-state index in [2.05, 4.69) is 26.8 Å². The number of hydrogen-bond donors (Lipinski definition) is 0. The molecular weight excluding hydrogens is 328 g/mol. The van der Waals surface area contributed by atoms with Gasteiger partial charge in [-0.2, -0.15) is 0 Å². The van der Waals surface area contributed by atoms with Crippen LogP contribution in [0.4, 0.5) is 0 Å². The number of esters is 1. The Morgan fingerprint density at radius 3 is 2.58 bits per heavy atom. The van der Waals surface area contributed by atoms with E-state index in [1.165, 1.54) is 31.1 Å². The van der Waals surface area contributed by atoms with Gasteiger partial charge >= 0.3 is 5.97 Å². The topological polar surface area (TPSA) is 60.4 Å². The monoisotopic (exact) mass is 356 g/mol. The van der Waals surface area contributed by atoms with E-state index in [1.807, 2.05) is 0 Å². The van der Waals surface area contributed by atoms with Gasteiger partial charge in [0.15, 0.2) is 11.5 Å². The van der Waals surface area contributed by atoms with Crippen LogP contribution in [0.1, 0.15) is 59.8 Å². The van der Waals surface area contributed by atoms with Crippen LogP contribution in [0.3, 0.4) is 0 Å². The maximum Gasteiger partial charge on any atom is 0.308 e. The molecule has 0 aliphatic heterocycles. The fraction of sp³-hybridized carbons (Fsp3) is 0.591. The first-order valence-electron chi connectivity index (χ1n) is 9.59. The first kappa shape index (κ1) is 18.8. The Labute approximate surface area is 155 Å². The van der Waals surface area contributed by atoms with Crippen molar-refractivity contribution in [2.75, 3.05) is 0 Å². The van der Waals surface area contributed by atoms with Gasteiger partial charge in [0.2, 0.25) is 5.78 Å². The quantitative estimate of drug-likeness (QED) is 0.429. The molecule has 4 heteroatoms. The zero-order valence-corrected chi connectivity index (χ0v) is 16.1. The molecule has 3 aliphatic carbocycles. The first-order valence-corrected chi connectivity index (χ1v) is 9.59. The van der Waals surface area contributed by atoms with E-state index in [1.54, 1.807) is 0 Å². The minimum absolute atomic E-state index is 0.0661. The largest absolute Gasteiger partial charge is 0.422 e. The van der Waals surface area contributed by atoms with Crippen molar-refractivity contribution in [2.45, 2.75) is 59.8 Å². The van der Waals surface area contributed by atoms with Crippen LogP contribution in [0.5, 0.6) is 0 Å². The molecule has 0 amide bonds. The molecule has 0 N–H and O–H groups in total. The molecule has 3 aliphatic rings. The molecule has 26 heavy (non-hydrogen) atoms. The Morgan fingerprint density at radius 2 is 1.88 bits per heavy atom. The molecule has 4 atom stereocenters. The highest BCUT2D eigenvalue weighted by molar-refractivity contribution is 6.19. The average Bonchev–Trinajstić information content (AvgIpc) is 2.58. The molecule has 0 aromatic heterocycles. The van der Waals surface area contributed by atoms with Gasteiger partial charge in [0.05, 0.1) is 0 Å². The summed E-state index contributed by atoms with van der Waals surface area (Å²) in [6.45, 7) is 7.98. The van der Waals surface area contributed by atoms with Gasteiger partial charge in [-0.05, 0) is 74.3 Å². The summed E-state index contributed by atoms with van der Waals surface area (Å²) in [6, 6.07) is 0. The summed E-state index contributed by atoms with van der Waals surface area (Å²) in [5.74, 6) is 0.240. The van der Waals surface area contributed by atoms with Crippen LogP contribution >= 0.6 is 0 Å². The number of allylic oxidation sites excluding steroid dienone is 5. The van der Waals surface area contributed by atoms with Crippen molar-refractivity contribution in [2.24, 2.45) is 23.2 Å². The number of carbonyl (C=O) groups is 3. The molecule has 0 heterocycles. The van der Waals surface area contributed by atoms with Gasteiger partial charge in [0, 0.05) is 12.5 Å². The van der Waals surface area contributed by atoms with E-state index in [0.717, 1.165) is 19.3 Å². The lowest BCUT2D eigenvalue weighted by atomic mass is 9.52. The minimum atomic E-state index is -0.565. The van der Waals surface area contributed by atoms with Crippen molar-refractivity contribution >= 4 is 17.5 Å². The van der Waals surface area contributed by atoms with Crippen LogP contribution < -0.4 is 0 Å². The number of rotatable bonds is 3. The highest BCUT2D eigenvalue weighted by Gasteiger charge is 2.48. The lowest BCUT2D eigenvalue weighted by Gasteiger charge is -2.52. The molecule has 0 radical (unpaired) electrons. The highest BCUT2D eigenvalue weighted by Crippen LogP contribution is 2.56. The molecule has 0 bridgehead atoms. The van der Waals surface area contributed by atoms with E-state index >= 15 is 0 Å². The first-order chi connectivity index (χ1) is 12.2. The van der Waals surface area contributed by atoms with Gasteiger partial charge in [-0.1, -0.05) is 25.5 Å². The van der Waals surface area contributed by atoms with Crippen molar-refractivity contribution in [3.8, 4) is 0 Å². The van der Waals surface area contributed by atoms with Gasteiger partial charge in [0.25, 0.3) is 0 Å². The van der Waals surface area contributed by atoms with E-state index in [4.69, 9.17) is 4.74 Å². The van der Waals surface area contributed by atoms with E-state index < -0.39 is 11.8 Å². The maximum atomic E-state index is 12.6. The van der Waals surface area contributed by atoms with Crippen LogP contribution in [0.15, 0.2) is 35.1 Å². The summed E-state index contributed by atoms with van der Waals surface area (Å²) < 4.78 is 5.17. The van der Waals surface area contributed by atoms with Crippen LogP contribution in [-0.2, 0) is 19.1 Å². The smallest absolute Gasteiger partial charge is 0.308 e. The molecule has 0 spiro atoms. The number of ketones is 2. The van der Waals surface area contributed by atoms with Crippen molar-refractivity contribution in [3.63, 3.8) is 0 Å². The third-order valence-electron chi connectivity index (χ3n) is 6.88. The van der Waals surface area contributed by atoms with Crippen molar-refractivity contribution < 1.29 is 19.1 Å². The van der Waals surface area contributed by atoms with Crippen molar-refractivity contribution in [3.05, 3.63) is 35.1 Å². The molecule has 1 saturated carbocycles. The van der Waals surface area contributed by atoms with E-state index in [0.29, 0.717) is 29.7 Å². The summed E-state index contributed by atoms with van der Waals surface area (Å²) in [6.07, 6.45) is 9.82. The van der Waals surface area contributed by atoms with Crippen LogP contribution in [0.25, 0.3) is 0 Å². The lowest BCUT2D eigenvalue weighted by molar-refractivity contribution is -0.140. The second-order valence-electron chi connectivity index (χ2n) is 8.36. The normalized spacial score (nSPS) is 34.5. The number of carbonyl (C=O) groups excluding carboxylic acids is 3. The molecule has 4 nitrogen and oxygen atoms in total. The predicted molar refractivity (Wildman–Crippen MR) is 99.0 cm³/mol. The Balaban J connectivity index is 2.00. The molecule has 3 rings (SSSR count). The summed E-state index contributed by atoms with van der Waals surface area (Å²) >= 11 is 0. The average molecular weight is 356 g/mol. The van der Waals surface area contributed by atoms with Crippen molar-refractivity contribution in [1.29, 1.82) is 0 Å². The predicted octanol–water partition coefficient (Wildman–Crippen LogP) is 4.31. The molecule has 1 fully saturated rings. The third-order valence-corrected chi connectivity index (χ3v) is 6.88. The second-order valence-corrected chi connectivity index (χ2v) is 8.36. The number of fused-ring (bicyclic) bond motifs is 1. The molecule has 0 saturated heterocycles. The zero-order chi connectivity index (χ0) is 19.1. The Kier molecular flexibility index (Phi) is 5.05. The van der Waals surface area contributed by atoms with Gasteiger partial charge in [-0.25, -0.2) is 0 Å². The van der Waals surface area contributed by atoms with Crippen molar-refractivity contribution in [1.82, 2.24) is 0 Å². The summed E-state index contributed by atoms with van der Waals surface area (Å²) in [7, 11) is 0.